The van der Waals surface area contributed by atoms with Crippen LogP contribution >= 0.6 is 0 Å². The number of ether oxygens (including phenoxy) is 1. The average Bonchev–Trinajstić information content (AvgIpc) is 2.70. The third kappa shape index (κ3) is 2.77. The molecule has 3 heteroatoms. The molecule has 3 nitrogen and oxygen atoms in total. The zero-order valence-corrected chi connectivity index (χ0v) is 12.5. The lowest BCUT2D eigenvalue weighted by molar-refractivity contribution is 0.0994. The molecule has 1 aromatic rings. The Morgan fingerprint density at radius 1 is 1.32 bits per heavy atom. The van der Waals surface area contributed by atoms with E-state index in [4.69, 9.17) is 10.5 Å². The van der Waals surface area contributed by atoms with E-state index in [0.29, 0.717) is 0 Å². The molecule has 1 aromatic carbocycles. The van der Waals surface area contributed by atoms with E-state index in [1.54, 1.807) is 7.11 Å². The summed E-state index contributed by atoms with van der Waals surface area (Å²) in [4.78, 5) is 2.54. The van der Waals surface area contributed by atoms with Crippen molar-refractivity contribution in [3.63, 3.8) is 0 Å². The zero-order valence-electron chi connectivity index (χ0n) is 12.5. The van der Waals surface area contributed by atoms with Gasteiger partial charge in [-0.05, 0) is 46.2 Å². The Morgan fingerprint density at radius 3 is 2.53 bits per heavy atom. The van der Waals surface area contributed by atoms with E-state index in [-0.39, 0.29) is 17.6 Å². The second-order valence-corrected chi connectivity index (χ2v) is 6.16. The molecule has 106 valence electrons. The molecule has 2 rings (SSSR count). The fourth-order valence-electron chi connectivity index (χ4n) is 3.29. The van der Waals surface area contributed by atoms with E-state index >= 15 is 0 Å². The van der Waals surface area contributed by atoms with E-state index in [2.05, 4.69) is 37.8 Å². The van der Waals surface area contributed by atoms with E-state index in [9.17, 15) is 0 Å². The molecule has 0 radical (unpaired) electrons. The van der Waals surface area contributed by atoms with Gasteiger partial charge in [-0.25, -0.2) is 0 Å². The Kier molecular flexibility index (Phi) is 4.16. The van der Waals surface area contributed by atoms with Crippen LogP contribution in [0.25, 0.3) is 0 Å². The van der Waals surface area contributed by atoms with Crippen molar-refractivity contribution in [2.24, 2.45) is 5.73 Å². The summed E-state index contributed by atoms with van der Waals surface area (Å²) in [5.41, 5.74) is 7.71. The number of methoxy groups -OCH3 is 1. The van der Waals surface area contributed by atoms with Crippen molar-refractivity contribution in [1.82, 2.24) is 4.90 Å². The van der Waals surface area contributed by atoms with Gasteiger partial charge in [0.2, 0.25) is 0 Å². The Bertz CT molecular complexity index is 429. The molecule has 2 atom stereocenters. The highest BCUT2D eigenvalue weighted by Crippen LogP contribution is 2.40. The minimum absolute atomic E-state index is 0.0775. The number of hydrogen-bond acceptors (Lipinski definition) is 3. The smallest absolute Gasteiger partial charge is 0.123 e. The van der Waals surface area contributed by atoms with Crippen LogP contribution in [0.15, 0.2) is 24.3 Å². The summed E-state index contributed by atoms with van der Waals surface area (Å²) < 4.78 is 5.52. The molecule has 0 aromatic heterocycles. The van der Waals surface area contributed by atoms with Gasteiger partial charge in [-0.1, -0.05) is 18.2 Å². The molecule has 1 saturated heterocycles. The first-order valence-corrected chi connectivity index (χ1v) is 7.12. The van der Waals surface area contributed by atoms with Gasteiger partial charge in [0.1, 0.15) is 5.75 Å². The number of rotatable bonds is 4. The first-order valence-electron chi connectivity index (χ1n) is 7.12. The summed E-state index contributed by atoms with van der Waals surface area (Å²) in [5, 5.41) is 0. The number of likely N-dealkylation sites (tertiary alicyclic amines) is 1. The van der Waals surface area contributed by atoms with Gasteiger partial charge in [0.05, 0.1) is 13.2 Å². The van der Waals surface area contributed by atoms with Gasteiger partial charge in [0.25, 0.3) is 0 Å². The molecule has 0 aliphatic carbocycles. The molecular weight excluding hydrogens is 236 g/mol. The van der Waals surface area contributed by atoms with Crippen molar-refractivity contribution in [3.05, 3.63) is 29.8 Å². The maximum absolute atomic E-state index is 6.30. The van der Waals surface area contributed by atoms with Gasteiger partial charge >= 0.3 is 0 Å². The van der Waals surface area contributed by atoms with Crippen LogP contribution in [0.3, 0.4) is 0 Å². The third-order valence-corrected chi connectivity index (χ3v) is 4.26. The highest BCUT2D eigenvalue weighted by Gasteiger charge is 2.39. The molecule has 0 bridgehead atoms. The van der Waals surface area contributed by atoms with Gasteiger partial charge < -0.3 is 10.5 Å². The van der Waals surface area contributed by atoms with E-state index in [0.717, 1.165) is 12.3 Å². The number of hydrogen-bond donors (Lipinski definition) is 1. The lowest BCUT2D eigenvalue weighted by Gasteiger charge is -2.41. The maximum Gasteiger partial charge on any atom is 0.123 e. The molecule has 2 unspecified atom stereocenters. The Morgan fingerprint density at radius 2 is 2.00 bits per heavy atom. The molecule has 1 heterocycles. The highest BCUT2D eigenvalue weighted by molar-refractivity contribution is 5.37. The molecule has 1 aliphatic heterocycles. The number of benzene rings is 1. The predicted octanol–water partition coefficient (Wildman–Crippen LogP) is 2.96. The second kappa shape index (κ2) is 5.51. The predicted molar refractivity (Wildman–Crippen MR) is 79.4 cm³/mol. The fraction of sp³-hybridized carbons (Fsp3) is 0.625. The van der Waals surface area contributed by atoms with Crippen molar-refractivity contribution in [2.75, 3.05) is 13.7 Å². The molecule has 0 amide bonds. The van der Waals surface area contributed by atoms with E-state index in [1.807, 2.05) is 12.1 Å². The van der Waals surface area contributed by atoms with Crippen LogP contribution in [0.4, 0.5) is 0 Å². The Hall–Kier alpha value is -1.06. The highest BCUT2D eigenvalue weighted by atomic mass is 16.5. The number of nitrogens with zero attached hydrogens (tertiary/aromatic N) is 1. The minimum Gasteiger partial charge on any atom is -0.496 e. The molecule has 19 heavy (non-hydrogen) atoms. The standard InChI is InChI=1S/C16H26N2O/c1-12(17)15(18-11-7-10-16(18,2)3)13-8-5-6-9-14(13)19-4/h5-6,8-9,12,15H,7,10-11,17H2,1-4H3. The summed E-state index contributed by atoms with van der Waals surface area (Å²) in [6.07, 6.45) is 2.47. The van der Waals surface area contributed by atoms with Crippen molar-refractivity contribution in [1.29, 1.82) is 0 Å². The first-order chi connectivity index (χ1) is 8.97. The normalized spacial score (nSPS) is 22.2. The minimum atomic E-state index is 0.0775. The maximum atomic E-state index is 6.30. The SMILES string of the molecule is COc1ccccc1C(C(C)N)N1CCCC1(C)C. The van der Waals surface area contributed by atoms with Crippen molar-refractivity contribution in [3.8, 4) is 5.75 Å². The average molecular weight is 262 g/mol. The van der Waals surface area contributed by atoms with Crippen molar-refractivity contribution >= 4 is 0 Å². The van der Waals surface area contributed by atoms with Gasteiger partial charge in [-0.2, -0.15) is 0 Å². The molecule has 0 saturated carbocycles. The van der Waals surface area contributed by atoms with Crippen LogP contribution in [-0.2, 0) is 0 Å². The summed E-state index contributed by atoms with van der Waals surface area (Å²) in [6, 6.07) is 8.53. The quantitative estimate of drug-likeness (QED) is 0.906. The largest absolute Gasteiger partial charge is 0.496 e. The van der Waals surface area contributed by atoms with Crippen LogP contribution in [0.5, 0.6) is 5.75 Å². The molecule has 0 spiro atoms. The van der Waals surface area contributed by atoms with Gasteiger partial charge in [-0.15, -0.1) is 0 Å². The molecule has 1 aliphatic rings. The van der Waals surface area contributed by atoms with E-state index < -0.39 is 0 Å². The third-order valence-electron chi connectivity index (χ3n) is 4.26. The molecule has 1 fully saturated rings. The molecule has 2 N–H and O–H groups in total. The van der Waals surface area contributed by atoms with Crippen LogP contribution in [0.1, 0.15) is 45.2 Å². The van der Waals surface area contributed by atoms with Crippen LogP contribution in [0, 0.1) is 0 Å². The lowest BCUT2D eigenvalue weighted by Crippen LogP contribution is -2.47. The first kappa shape index (κ1) is 14.4. The second-order valence-electron chi connectivity index (χ2n) is 6.16. The lowest BCUT2D eigenvalue weighted by atomic mass is 9.93. The van der Waals surface area contributed by atoms with Crippen molar-refractivity contribution in [2.45, 2.75) is 51.2 Å². The van der Waals surface area contributed by atoms with Crippen LogP contribution in [0.2, 0.25) is 0 Å². The number of nitrogens with two attached hydrogens (primary N) is 1. The molecular formula is C16H26N2O. The summed E-state index contributed by atoms with van der Waals surface area (Å²) in [7, 11) is 1.73. The van der Waals surface area contributed by atoms with Gasteiger partial charge in [0.15, 0.2) is 0 Å². The van der Waals surface area contributed by atoms with Gasteiger partial charge in [0, 0.05) is 17.1 Å². The summed E-state index contributed by atoms with van der Waals surface area (Å²) in [5.74, 6) is 0.938. The fourth-order valence-corrected chi connectivity index (χ4v) is 3.29. The Labute approximate surface area is 116 Å². The summed E-state index contributed by atoms with van der Waals surface area (Å²) >= 11 is 0. The topological polar surface area (TPSA) is 38.5 Å². The number of para-hydroxylation sites is 1. The summed E-state index contributed by atoms with van der Waals surface area (Å²) in [6.45, 7) is 7.82. The van der Waals surface area contributed by atoms with E-state index in [1.165, 1.54) is 18.4 Å². The van der Waals surface area contributed by atoms with Crippen LogP contribution < -0.4 is 10.5 Å². The Balaban J connectivity index is 2.40. The van der Waals surface area contributed by atoms with Gasteiger partial charge in [-0.3, -0.25) is 4.90 Å². The van der Waals surface area contributed by atoms with Crippen LogP contribution in [-0.4, -0.2) is 30.1 Å². The van der Waals surface area contributed by atoms with Crippen molar-refractivity contribution < 1.29 is 4.74 Å². The zero-order chi connectivity index (χ0) is 14.0. The monoisotopic (exact) mass is 262 g/mol.